The highest BCUT2D eigenvalue weighted by Gasteiger charge is 2.32. The van der Waals surface area contributed by atoms with Gasteiger partial charge < -0.3 is 4.55 Å². The predicted molar refractivity (Wildman–Crippen MR) is 41.6 cm³/mol. The summed E-state index contributed by atoms with van der Waals surface area (Å²) in [5.41, 5.74) is 0. The lowest BCUT2D eigenvalue weighted by Crippen LogP contribution is -2.09. The second-order valence-corrected chi connectivity index (χ2v) is 4.05. The number of hydrogen-bond donors (Lipinski definition) is 1. The first-order chi connectivity index (χ1) is 6.37. The Balaban J connectivity index is 3.60. The first-order valence-electron chi connectivity index (χ1n) is 3.00. The molecule has 1 unspecified atom stereocenters. The summed E-state index contributed by atoms with van der Waals surface area (Å²) in [5, 5.41) is 0. The molecule has 1 rings (SSSR count). The quantitative estimate of drug-likeness (QED) is 0.202. The molecule has 0 aliphatic heterocycles. The molecule has 14 heavy (non-hydrogen) atoms. The van der Waals surface area contributed by atoms with Crippen LogP contribution in [-0.2, 0) is 10.2 Å². The molecule has 1 nitrogen and oxygen atoms in total. The molecule has 0 amide bonds. The van der Waals surface area contributed by atoms with Gasteiger partial charge in [-0.05, 0) is 0 Å². The summed E-state index contributed by atoms with van der Waals surface area (Å²) in [6, 6.07) is 0. The summed E-state index contributed by atoms with van der Waals surface area (Å²) in [7, 11) is -2.58. The molecule has 1 atom stereocenters. The van der Waals surface area contributed by atoms with E-state index in [0.717, 1.165) is 0 Å². The van der Waals surface area contributed by atoms with E-state index in [9.17, 15) is 26.5 Å². The molecular formula is C6HF5OS2. The lowest BCUT2D eigenvalue weighted by atomic mass is 10.3. The van der Waals surface area contributed by atoms with Crippen molar-refractivity contribution in [1.29, 1.82) is 0 Å². The van der Waals surface area contributed by atoms with E-state index in [2.05, 4.69) is 11.7 Å². The van der Waals surface area contributed by atoms with E-state index < -0.39 is 44.2 Å². The molecule has 0 aliphatic rings. The molecule has 1 aromatic rings. The monoisotopic (exact) mass is 248 g/mol. The fourth-order valence-electron chi connectivity index (χ4n) is 0.738. The van der Waals surface area contributed by atoms with Gasteiger partial charge in [0.25, 0.3) is 0 Å². The van der Waals surface area contributed by atoms with Crippen LogP contribution < -0.4 is 0 Å². The molecule has 0 fully saturated rings. The summed E-state index contributed by atoms with van der Waals surface area (Å²) in [4.78, 5) is -1.44. The van der Waals surface area contributed by atoms with Gasteiger partial charge in [-0.1, -0.05) is 0 Å². The van der Waals surface area contributed by atoms with Gasteiger partial charge in [-0.3, -0.25) is 0 Å². The molecule has 0 aliphatic carbocycles. The van der Waals surface area contributed by atoms with Crippen LogP contribution in [0.4, 0.5) is 22.0 Å². The molecule has 0 saturated carbocycles. The highest BCUT2D eigenvalue weighted by atomic mass is 33.1. The third-order valence-corrected chi connectivity index (χ3v) is 2.60. The molecule has 0 bridgehead atoms. The first kappa shape index (κ1) is 11.6. The van der Waals surface area contributed by atoms with Crippen LogP contribution in [0.5, 0.6) is 0 Å². The first-order valence-corrected chi connectivity index (χ1v) is 5.20. The van der Waals surface area contributed by atoms with Crippen LogP contribution in [0.3, 0.4) is 0 Å². The van der Waals surface area contributed by atoms with Crippen molar-refractivity contribution in [2.75, 3.05) is 0 Å². The van der Waals surface area contributed by atoms with E-state index in [0.29, 0.717) is 0 Å². The van der Waals surface area contributed by atoms with E-state index >= 15 is 0 Å². The molecule has 78 valence electrons. The number of thiol groups is 1. The number of hydrogen-bond acceptors (Lipinski definition) is 2. The van der Waals surface area contributed by atoms with Crippen molar-refractivity contribution in [1.82, 2.24) is 0 Å². The van der Waals surface area contributed by atoms with Crippen LogP contribution in [0.2, 0.25) is 0 Å². The summed E-state index contributed by atoms with van der Waals surface area (Å²) < 4.78 is 73.2. The standard InChI is InChI=1S/C6HF5OS2/c7-1-2(8)4(10)6(14(12)13)5(11)3(1)9/h(H,12,13). The fraction of sp³-hybridized carbons (Fsp3) is 0. The highest BCUT2D eigenvalue weighted by Crippen LogP contribution is 2.28. The van der Waals surface area contributed by atoms with Gasteiger partial charge in [-0.25, -0.2) is 13.2 Å². The van der Waals surface area contributed by atoms with Gasteiger partial charge in [0.1, 0.15) is 0 Å². The molecule has 0 aromatic heterocycles. The van der Waals surface area contributed by atoms with E-state index in [4.69, 9.17) is 0 Å². The van der Waals surface area contributed by atoms with Gasteiger partial charge in [0.15, 0.2) is 0 Å². The van der Waals surface area contributed by atoms with Gasteiger partial charge in [0.05, 0.1) is 21.9 Å². The minimum absolute atomic E-state index is 1.44. The highest BCUT2D eigenvalue weighted by molar-refractivity contribution is 8.63. The average molecular weight is 248 g/mol. The normalized spacial score (nSPS) is 13.1. The second kappa shape index (κ2) is 3.95. The van der Waals surface area contributed by atoms with Crippen molar-refractivity contribution < 1.29 is 26.5 Å². The van der Waals surface area contributed by atoms with Crippen LogP contribution in [0, 0.1) is 29.1 Å². The Hall–Kier alpha value is -0.470. The van der Waals surface area contributed by atoms with E-state index in [1.807, 2.05) is 0 Å². The fourth-order valence-corrected chi connectivity index (χ4v) is 1.70. The van der Waals surface area contributed by atoms with E-state index in [1.165, 1.54) is 0 Å². The molecule has 0 saturated heterocycles. The second-order valence-electron chi connectivity index (χ2n) is 2.15. The van der Waals surface area contributed by atoms with Crippen molar-refractivity contribution >= 4 is 21.9 Å². The van der Waals surface area contributed by atoms with Gasteiger partial charge in [0, 0.05) is 0 Å². The molecule has 0 N–H and O–H groups in total. The number of rotatable bonds is 1. The average Bonchev–Trinajstić information content (AvgIpc) is 2.11. The summed E-state index contributed by atoms with van der Waals surface area (Å²) in [6.45, 7) is 0. The lowest BCUT2D eigenvalue weighted by molar-refractivity contribution is 0.358. The van der Waals surface area contributed by atoms with Crippen LogP contribution in [0.1, 0.15) is 0 Å². The summed E-state index contributed by atoms with van der Waals surface area (Å²) in [5.74, 6) is -10.8. The smallest absolute Gasteiger partial charge is 0.243 e. The maximum atomic E-state index is 12.7. The minimum atomic E-state index is -2.58. The Morgan fingerprint density at radius 1 is 0.786 bits per heavy atom. The van der Waals surface area contributed by atoms with Crippen molar-refractivity contribution in [2.24, 2.45) is 0 Å². The molecule has 1 aromatic carbocycles. The van der Waals surface area contributed by atoms with Crippen molar-refractivity contribution in [3.8, 4) is 0 Å². The van der Waals surface area contributed by atoms with Crippen LogP contribution >= 0.6 is 11.7 Å². The van der Waals surface area contributed by atoms with Gasteiger partial charge >= 0.3 is 0 Å². The number of benzene rings is 1. The Labute approximate surface area is 82.9 Å². The van der Waals surface area contributed by atoms with Crippen LogP contribution in [0.15, 0.2) is 4.90 Å². The zero-order valence-corrected chi connectivity index (χ0v) is 7.86. The predicted octanol–water partition coefficient (Wildman–Crippen LogP) is 2.33. The Bertz CT molecular complexity index is 352. The third kappa shape index (κ3) is 1.69. The largest absolute Gasteiger partial charge is 0.600 e. The molecule has 0 radical (unpaired) electrons. The minimum Gasteiger partial charge on any atom is -0.600 e. The Morgan fingerprint density at radius 2 is 1.07 bits per heavy atom. The topological polar surface area (TPSA) is 23.1 Å². The zero-order chi connectivity index (χ0) is 11.0. The van der Waals surface area contributed by atoms with Crippen LogP contribution in [-0.4, -0.2) is 4.55 Å². The molecule has 0 heterocycles. The maximum Gasteiger partial charge on any atom is 0.243 e. The van der Waals surface area contributed by atoms with E-state index in [1.54, 1.807) is 0 Å². The maximum absolute atomic E-state index is 12.7. The van der Waals surface area contributed by atoms with Crippen LogP contribution in [0.25, 0.3) is 0 Å². The number of halogens is 5. The van der Waals surface area contributed by atoms with Gasteiger partial charge in [0.2, 0.25) is 34.0 Å². The van der Waals surface area contributed by atoms with Crippen molar-refractivity contribution in [2.45, 2.75) is 4.90 Å². The SMILES string of the molecule is [O-][S+](S)c1c(F)c(F)c(F)c(F)c1F. The molecule has 8 heteroatoms. The third-order valence-electron chi connectivity index (χ3n) is 1.34. The van der Waals surface area contributed by atoms with Gasteiger partial charge in [-0.15, -0.1) is 0 Å². The van der Waals surface area contributed by atoms with E-state index in [-0.39, 0.29) is 0 Å². The molecule has 0 spiro atoms. The Kier molecular flexibility index (Phi) is 3.28. The lowest BCUT2D eigenvalue weighted by Gasteiger charge is -2.06. The zero-order valence-electron chi connectivity index (χ0n) is 6.15. The van der Waals surface area contributed by atoms with Crippen molar-refractivity contribution in [3.05, 3.63) is 29.1 Å². The van der Waals surface area contributed by atoms with Gasteiger partial charge in [-0.2, -0.15) is 8.78 Å². The van der Waals surface area contributed by atoms with Crippen molar-refractivity contribution in [3.63, 3.8) is 0 Å². The summed E-state index contributed by atoms with van der Waals surface area (Å²) >= 11 is 3.09. The summed E-state index contributed by atoms with van der Waals surface area (Å²) in [6.07, 6.45) is 0. The molecular weight excluding hydrogens is 247 g/mol. The Morgan fingerprint density at radius 3 is 1.36 bits per heavy atom.